The van der Waals surface area contributed by atoms with Crippen molar-refractivity contribution in [3.8, 4) is 5.69 Å². The standard InChI is InChI=1S/C26H30FN5O2S/c27-21-9-11-22(12-10-21)32-23(19-30-13-5-2-6-14-30)28-29-26(32)35-24(20-7-3-1-4-8-20)25(33)31-15-17-34-18-16-31/h1,3-4,7-12,24H,2,5-6,13-19H2/t24-/m1/s1. The lowest BCUT2D eigenvalue weighted by Crippen LogP contribution is -2.42. The molecule has 2 aromatic carbocycles. The van der Waals surface area contributed by atoms with E-state index in [0.717, 1.165) is 30.2 Å². The molecule has 35 heavy (non-hydrogen) atoms. The number of amides is 1. The first-order valence-electron chi connectivity index (χ1n) is 12.2. The van der Waals surface area contributed by atoms with Crippen LogP contribution in [0.3, 0.4) is 0 Å². The number of morpholine rings is 1. The van der Waals surface area contributed by atoms with Crippen molar-refractivity contribution in [3.05, 3.63) is 71.8 Å². The van der Waals surface area contributed by atoms with Crippen LogP contribution in [0.2, 0.25) is 0 Å². The van der Waals surface area contributed by atoms with Crippen molar-refractivity contribution in [1.29, 1.82) is 0 Å². The lowest BCUT2D eigenvalue weighted by Gasteiger charge is -2.30. The molecule has 3 aromatic rings. The summed E-state index contributed by atoms with van der Waals surface area (Å²) in [5.74, 6) is 0.542. The zero-order valence-corrected chi connectivity index (χ0v) is 20.5. The average molecular weight is 496 g/mol. The molecule has 1 atom stereocenters. The van der Waals surface area contributed by atoms with E-state index in [1.54, 1.807) is 12.1 Å². The molecule has 9 heteroatoms. The van der Waals surface area contributed by atoms with Gasteiger partial charge in [0.05, 0.1) is 19.8 Å². The molecule has 0 radical (unpaired) electrons. The monoisotopic (exact) mass is 495 g/mol. The lowest BCUT2D eigenvalue weighted by atomic mass is 10.1. The van der Waals surface area contributed by atoms with Gasteiger partial charge in [0, 0.05) is 18.8 Å². The van der Waals surface area contributed by atoms with Gasteiger partial charge in [-0.15, -0.1) is 10.2 Å². The Morgan fingerprint density at radius 2 is 1.66 bits per heavy atom. The van der Waals surface area contributed by atoms with Crippen LogP contribution in [0.25, 0.3) is 5.69 Å². The van der Waals surface area contributed by atoms with Crippen molar-refractivity contribution in [3.63, 3.8) is 0 Å². The van der Waals surface area contributed by atoms with Gasteiger partial charge in [-0.25, -0.2) is 4.39 Å². The highest BCUT2D eigenvalue weighted by Gasteiger charge is 2.31. The molecule has 0 saturated carbocycles. The summed E-state index contributed by atoms with van der Waals surface area (Å²) in [5, 5.41) is 9.23. The van der Waals surface area contributed by atoms with Crippen molar-refractivity contribution in [1.82, 2.24) is 24.6 Å². The second-order valence-electron chi connectivity index (χ2n) is 8.89. The molecule has 2 saturated heterocycles. The van der Waals surface area contributed by atoms with E-state index in [4.69, 9.17) is 4.74 Å². The van der Waals surface area contributed by atoms with Gasteiger partial charge in [-0.2, -0.15) is 0 Å². The number of hydrogen-bond donors (Lipinski definition) is 0. The number of hydrogen-bond acceptors (Lipinski definition) is 6. The normalized spacial score (nSPS) is 17.9. The molecule has 0 aliphatic carbocycles. The Morgan fingerprint density at radius 1 is 0.943 bits per heavy atom. The van der Waals surface area contributed by atoms with Gasteiger partial charge in [0.1, 0.15) is 11.1 Å². The number of piperidine rings is 1. The molecule has 184 valence electrons. The average Bonchev–Trinajstić information content (AvgIpc) is 3.30. The first-order valence-corrected chi connectivity index (χ1v) is 13.1. The van der Waals surface area contributed by atoms with Crippen molar-refractivity contribution < 1.29 is 13.9 Å². The fourth-order valence-electron chi connectivity index (χ4n) is 4.59. The topological polar surface area (TPSA) is 63.5 Å². The highest BCUT2D eigenvalue weighted by atomic mass is 32.2. The fourth-order valence-corrected chi connectivity index (χ4v) is 5.75. The van der Waals surface area contributed by atoms with Crippen LogP contribution < -0.4 is 0 Å². The fraction of sp³-hybridized carbons (Fsp3) is 0.423. The molecule has 5 rings (SSSR count). The zero-order chi connectivity index (χ0) is 24.0. The van der Waals surface area contributed by atoms with E-state index in [1.807, 2.05) is 39.8 Å². The van der Waals surface area contributed by atoms with Crippen molar-refractivity contribution in [2.24, 2.45) is 0 Å². The number of nitrogens with zero attached hydrogens (tertiary/aromatic N) is 5. The van der Waals surface area contributed by atoms with Crippen molar-refractivity contribution in [2.45, 2.75) is 36.2 Å². The number of thioether (sulfide) groups is 1. The molecule has 7 nitrogen and oxygen atoms in total. The summed E-state index contributed by atoms with van der Waals surface area (Å²) in [4.78, 5) is 17.9. The van der Waals surface area contributed by atoms with Gasteiger partial charge in [0.2, 0.25) is 5.91 Å². The second kappa shape index (κ2) is 11.3. The summed E-state index contributed by atoms with van der Waals surface area (Å²) < 4.78 is 21.2. The van der Waals surface area contributed by atoms with E-state index in [2.05, 4.69) is 15.1 Å². The largest absolute Gasteiger partial charge is 0.378 e. The van der Waals surface area contributed by atoms with E-state index in [0.29, 0.717) is 38.0 Å². The minimum Gasteiger partial charge on any atom is -0.378 e. The van der Waals surface area contributed by atoms with Gasteiger partial charge >= 0.3 is 0 Å². The van der Waals surface area contributed by atoms with E-state index < -0.39 is 5.25 Å². The number of likely N-dealkylation sites (tertiary alicyclic amines) is 1. The van der Waals surface area contributed by atoms with Crippen LogP contribution >= 0.6 is 11.8 Å². The Kier molecular flexibility index (Phi) is 7.75. The molecule has 1 amide bonds. The number of benzene rings is 2. The summed E-state index contributed by atoms with van der Waals surface area (Å²) in [7, 11) is 0. The Balaban J connectivity index is 1.49. The van der Waals surface area contributed by atoms with Crippen molar-refractivity contribution >= 4 is 17.7 Å². The molecular formula is C26H30FN5O2S. The number of halogens is 1. The molecule has 2 aliphatic heterocycles. The molecule has 3 heterocycles. The minimum atomic E-state index is -0.472. The van der Waals surface area contributed by atoms with Crippen LogP contribution in [-0.4, -0.2) is 69.9 Å². The third kappa shape index (κ3) is 5.74. The minimum absolute atomic E-state index is 0.0377. The van der Waals surface area contributed by atoms with E-state index in [-0.39, 0.29) is 11.7 Å². The lowest BCUT2D eigenvalue weighted by molar-refractivity contribution is -0.134. The van der Waals surface area contributed by atoms with E-state index in [9.17, 15) is 9.18 Å². The van der Waals surface area contributed by atoms with Crippen LogP contribution in [0, 0.1) is 5.82 Å². The Labute approximate surface area is 209 Å². The summed E-state index contributed by atoms with van der Waals surface area (Å²) in [6, 6.07) is 16.2. The number of ether oxygens (including phenoxy) is 1. The predicted molar refractivity (Wildman–Crippen MR) is 133 cm³/mol. The Morgan fingerprint density at radius 3 is 2.37 bits per heavy atom. The molecular weight excluding hydrogens is 465 g/mol. The van der Waals surface area contributed by atoms with Gasteiger partial charge in [-0.05, 0) is 55.8 Å². The quantitative estimate of drug-likeness (QED) is 0.460. The smallest absolute Gasteiger partial charge is 0.240 e. The number of rotatable bonds is 7. The third-order valence-electron chi connectivity index (χ3n) is 6.47. The number of carbonyl (C=O) groups excluding carboxylic acids is 1. The zero-order valence-electron chi connectivity index (χ0n) is 19.7. The van der Waals surface area contributed by atoms with Crippen LogP contribution in [0.5, 0.6) is 0 Å². The second-order valence-corrected chi connectivity index (χ2v) is 9.97. The van der Waals surface area contributed by atoms with Gasteiger partial charge in [-0.3, -0.25) is 14.3 Å². The summed E-state index contributed by atoms with van der Waals surface area (Å²) in [5.41, 5.74) is 1.71. The van der Waals surface area contributed by atoms with Crippen LogP contribution in [0.1, 0.15) is 35.9 Å². The van der Waals surface area contributed by atoms with Gasteiger partial charge < -0.3 is 9.64 Å². The van der Waals surface area contributed by atoms with Crippen molar-refractivity contribution in [2.75, 3.05) is 39.4 Å². The van der Waals surface area contributed by atoms with Gasteiger partial charge in [-0.1, -0.05) is 48.5 Å². The van der Waals surface area contributed by atoms with Crippen LogP contribution in [0.15, 0.2) is 59.8 Å². The van der Waals surface area contributed by atoms with Crippen LogP contribution in [0.4, 0.5) is 4.39 Å². The molecule has 0 unspecified atom stereocenters. The van der Waals surface area contributed by atoms with E-state index >= 15 is 0 Å². The highest BCUT2D eigenvalue weighted by molar-refractivity contribution is 8.00. The number of carbonyl (C=O) groups is 1. The summed E-state index contributed by atoms with van der Waals surface area (Å²) in [6.45, 7) is 4.97. The molecule has 1 aromatic heterocycles. The first kappa shape index (κ1) is 24.0. The Bertz CT molecular complexity index is 1110. The SMILES string of the molecule is O=C([C@H](Sc1nnc(CN2CCCCC2)n1-c1ccc(F)cc1)c1ccccc1)N1CCOCC1. The molecule has 2 aliphatic rings. The molecule has 0 N–H and O–H groups in total. The third-order valence-corrected chi connectivity index (χ3v) is 7.66. The number of aromatic nitrogens is 3. The predicted octanol–water partition coefficient (Wildman–Crippen LogP) is 4.08. The maximum atomic E-state index is 13.7. The molecule has 0 bridgehead atoms. The first-order chi connectivity index (χ1) is 17.2. The van der Waals surface area contributed by atoms with Crippen LogP contribution in [-0.2, 0) is 16.1 Å². The summed E-state index contributed by atoms with van der Waals surface area (Å²) in [6.07, 6.45) is 3.61. The highest BCUT2D eigenvalue weighted by Crippen LogP contribution is 2.37. The maximum absolute atomic E-state index is 13.7. The van der Waals surface area contributed by atoms with E-state index in [1.165, 1.54) is 43.2 Å². The molecule has 2 fully saturated rings. The van der Waals surface area contributed by atoms with Gasteiger partial charge in [0.15, 0.2) is 11.0 Å². The summed E-state index contributed by atoms with van der Waals surface area (Å²) >= 11 is 1.40. The Hall–Kier alpha value is -2.75. The van der Waals surface area contributed by atoms with Gasteiger partial charge in [0.25, 0.3) is 0 Å². The molecule has 0 spiro atoms. The maximum Gasteiger partial charge on any atom is 0.240 e.